The number of hydrogen-bond acceptors (Lipinski definition) is 2. The van der Waals surface area contributed by atoms with Crippen LogP contribution in [0.1, 0.15) is 32.8 Å². The summed E-state index contributed by atoms with van der Waals surface area (Å²) in [6.45, 7) is 9.96. The van der Waals surface area contributed by atoms with Crippen molar-refractivity contribution in [1.29, 1.82) is 0 Å². The molecule has 0 saturated carbocycles. The van der Waals surface area contributed by atoms with Crippen molar-refractivity contribution in [3.05, 3.63) is 28.8 Å². The smallest absolute Gasteiger partial charge is 0.0410 e. The van der Waals surface area contributed by atoms with Crippen molar-refractivity contribution in [2.45, 2.75) is 33.6 Å². The second-order valence-electron chi connectivity index (χ2n) is 6.61. The number of halogens is 1. The van der Waals surface area contributed by atoms with Crippen LogP contribution in [0, 0.1) is 11.3 Å². The fourth-order valence-electron chi connectivity index (χ4n) is 2.90. The lowest BCUT2D eigenvalue weighted by Gasteiger charge is -2.28. The molecule has 1 aromatic rings. The SMILES string of the molecule is CC(C)(C)C1CCN(c2ccc(Cl)cc2CCN)C1. The van der Waals surface area contributed by atoms with Gasteiger partial charge in [-0.2, -0.15) is 0 Å². The molecule has 106 valence electrons. The third-order valence-electron chi connectivity index (χ3n) is 4.21. The van der Waals surface area contributed by atoms with Gasteiger partial charge >= 0.3 is 0 Å². The molecule has 0 radical (unpaired) electrons. The van der Waals surface area contributed by atoms with Gasteiger partial charge in [0, 0.05) is 23.8 Å². The fourth-order valence-corrected chi connectivity index (χ4v) is 3.10. The van der Waals surface area contributed by atoms with E-state index in [9.17, 15) is 0 Å². The summed E-state index contributed by atoms with van der Waals surface area (Å²) in [4.78, 5) is 2.50. The molecular weight excluding hydrogens is 256 g/mol. The van der Waals surface area contributed by atoms with Crippen molar-refractivity contribution in [3.8, 4) is 0 Å². The molecule has 1 fully saturated rings. The van der Waals surface area contributed by atoms with E-state index in [2.05, 4.69) is 37.8 Å². The summed E-state index contributed by atoms with van der Waals surface area (Å²) in [5.41, 5.74) is 8.70. The standard InChI is InChI=1S/C16H25ClN2/c1-16(2,3)13-7-9-19(11-13)15-5-4-14(17)10-12(15)6-8-18/h4-5,10,13H,6-9,11,18H2,1-3H3. The van der Waals surface area contributed by atoms with Crippen molar-refractivity contribution in [1.82, 2.24) is 0 Å². The lowest BCUT2D eigenvalue weighted by molar-refractivity contribution is 0.263. The Bertz CT molecular complexity index is 437. The Kier molecular flexibility index (Phi) is 4.42. The average Bonchev–Trinajstić information content (AvgIpc) is 2.78. The molecule has 1 unspecified atom stereocenters. The maximum atomic E-state index is 6.10. The van der Waals surface area contributed by atoms with E-state index in [0.717, 1.165) is 30.5 Å². The van der Waals surface area contributed by atoms with Crippen molar-refractivity contribution >= 4 is 17.3 Å². The van der Waals surface area contributed by atoms with Crippen LogP contribution in [0.2, 0.25) is 5.02 Å². The first kappa shape index (κ1) is 14.7. The molecule has 3 heteroatoms. The number of nitrogens with two attached hydrogens (primary N) is 1. The minimum atomic E-state index is 0.384. The van der Waals surface area contributed by atoms with Crippen LogP contribution in [0.15, 0.2) is 18.2 Å². The maximum Gasteiger partial charge on any atom is 0.0410 e. The Hall–Kier alpha value is -0.730. The Morgan fingerprint density at radius 2 is 2.11 bits per heavy atom. The predicted octanol–water partition coefficient (Wildman–Crippen LogP) is 3.71. The molecule has 1 saturated heterocycles. The third-order valence-corrected chi connectivity index (χ3v) is 4.44. The molecule has 0 aliphatic carbocycles. The third kappa shape index (κ3) is 3.43. The summed E-state index contributed by atoms with van der Waals surface area (Å²) in [7, 11) is 0. The van der Waals surface area contributed by atoms with Crippen LogP contribution in [0.25, 0.3) is 0 Å². The van der Waals surface area contributed by atoms with Gasteiger partial charge in [0.05, 0.1) is 0 Å². The number of hydrogen-bond donors (Lipinski definition) is 1. The van der Waals surface area contributed by atoms with Crippen molar-refractivity contribution in [2.75, 3.05) is 24.5 Å². The molecule has 1 aliphatic rings. The molecule has 0 aromatic heterocycles. The molecule has 0 amide bonds. The molecular formula is C16H25ClN2. The largest absolute Gasteiger partial charge is 0.371 e. The molecule has 2 nitrogen and oxygen atoms in total. The van der Waals surface area contributed by atoms with Crippen LogP contribution >= 0.6 is 11.6 Å². The molecule has 1 heterocycles. The summed E-state index contributed by atoms with van der Waals surface area (Å²) in [6, 6.07) is 6.20. The number of nitrogens with zero attached hydrogens (tertiary/aromatic N) is 1. The van der Waals surface area contributed by atoms with E-state index in [1.54, 1.807) is 0 Å². The van der Waals surface area contributed by atoms with E-state index in [1.165, 1.54) is 17.7 Å². The molecule has 0 spiro atoms. The second kappa shape index (κ2) is 5.72. The second-order valence-corrected chi connectivity index (χ2v) is 7.05. The Morgan fingerprint density at radius 3 is 2.68 bits per heavy atom. The highest BCUT2D eigenvalue weighted by atomic mass is 35.5. The molecule has 2 N–H and O–H groups in total. The predicted molar refractivity (Wildman–Crippen MR) is 84.0 cm³/mol. The number of anilines is 1. The first-order chi connectivity index (χ1) is 8.91. The number of benzene rings is 1. The summed E-state index contributed by atoms with van der Waals surface area (Å²) in [5, 5.41) is 0.804. The monoisotopic (exact) mass is 280 g/mol. The summed E-state index contributed by atoms with van der Waals surface area (Å²) in [6.07, 6.45) is 2.17. The van der Waals surface area contributed by atoms with Gasteiger partial charge in [0.1, 0.15) is 0 Å². The van der Waals surface area contributed by atoms with Crippen molar-refractivity contribution in [2.24, 2.45) is 17.1 Å². The zero-order chi connectivity index (χ0) is 14.0. The molecule has 0 bridgehead atoms. The number of rotatable bonds is 3. The van der Waals surface area contributed by atoms with E-state index in [0.29, 0.717) is 12.0 Å². The fraction of sp³-hybridized carbons (Fsp3) is 0.625. The quantitative estimate of drug-likeness (QED) is 0.914. The molecule has 1 aromatic carbocycles. The van der Waals surface area contributed by atoms with Crippen molar-refractivity contribution < 1.29 is 0 Å². The zero-order valence-corrected chi connectivity index (χ0v) is 13.0. The topological polar surface area (TPSA) is 29.3 Å². The van der Waals surface area contributed by atoms with Gasteiger partial charge in [-0.05, 0) is 54.5 Å². The van der Waals surface area contributed by atoms with E-state index < -0.39 is 0 Å². The van der Waals surface area contributed by atoms with E-state index in [4.69, 9.17) is 17.3 Å². The highest BCUT2D eigenvalue weighted by molar-refractivity contribution is 6.30. The van der Waals surface area contributed by atoms with Crippen LogP contribution < -0.4 is 10.6 Å². The lowest BCUT2D eigenvalue weighted by Crippen LogP contribution is -2.26. The summed E-state index contributed by atoms with van der Waals surface area (Å²) in [5.74, 6) is 0.758. The van der Waals surface area contributed by atoms with Gasteiger partial charge in [0.25, 0.3) is 0 Å². The molecule has 2 rings (SSSR count). The van der Waals surface area contributed by atoms with Gasteiger partial charge in [-0.1, -0.05) is 32.4 Å². The van der Waals surface area contributed by atoms with E-state index in [1.807, 2.05) is 6.07 Å². The van der Waals surface area contributed by atoms with Gasteiger partial charge in [-0.3, -0.25) is 0 Å². The zero-order valence-electron chi connectivity index (χ0n) is 12.2. The van der Waals surface area contributed by atoms with Crippen LogP contribution in [0.5, 0.6) is 0 Å². The van der Waals surface area contributed by atoms with Crippen LogP contribution in [0.3, 0.4) is 0 Å². The van der Waals surface area contributed by atoms with Gasteiger partial charge in [-0.15, -0.1) is 0 Å². The minimum Gasteiger partial charge on any atom is -0.371 e. The normalized spacial score (nSPS) is 20.1. The van der Waals surface area contributed by atoms with Gasteiger partial charge in [-0.25, -0.2) is 0 Å². The van der Waals surface area contributed by atoms with E-state index in [-0.39, 0.29) is 0 Å². The minimum absolute atomic E-state index is 0.384. The molecule has 1 atom stereocenters. The maximum absolute atomic E-state index is 6.10. The average molecular weight is 281 g/mol. The first-order valence-corrected chi connectivity index (χ1v) is 7.53. The first-order valence-electron chi connectivity index (χ1n) is 7.15. The molecule has 1 aliphatic heterocycles. The highest BCUT2D eigenvalue weighted by Crippen LogP contribution is 2.37. The Balaban J connectivity index is 2.19. The van der Waals surface area contributed by atoms with Gasteiger partial charge < -0.3 is 10.6 Å². The summed E-state index contributed by atoms with van der Waals surface area (Å²) < 4.78 is 0. The van der Waals surface area contributed by atoms with Crippen molar-refractivity contribution in [3.63, 3.8) is 0 Å². The summed E-state index contributed by atoms with van der Waals surface area (Å²) >= 11 is 6.10. The Labute approximate surface area is 121 Å². The highest BCUT2D eigenvalue weighted by Gasteiger charge is 2.32. The Morgan fingerprint density at radius 1 is 1.37 bits per heavy atom. The van der Waals surface area contributed by atoms with Gasteiger partial charge in [0.15, 0.2) is 0 Å². The van der Waals surface area contributed by atoms with Crippen LogP contribution in [-0.2, 0) is 6.42 Å². The molecule has 19 heavy (non-hydrogen) atoms. The van der Waals surface area contributed by atoms with Crippen LogP contribution in [-0.4, -0.2) is 19.6 Å². The van der Waals surface area contributed by atoms with Gasteiger partial charge in [0.2, 0.25) is 0 Å². The van der Waals surface area contributed by atoms with E-state index >= 15 is 0 Å². The van der Waals surface area contributed by atoms with Crippen LogP contribution in [0.4, 0.5) is 5.69 Å². The lowest BCUT2D eigenvalue weighted by atomic mass is 9.80.